The number of imidazole rings is 1. The Kier molecular flexibility index (Phi) is 9.12. The molecule has 0 saturated heterocycles. The van der Waals surface area contributed by atoms with Crippen molar-refractivity contribution in [3.05, 3.63) is 65.3 Å². The van der Waals surface area contributed by atoms with E-state index in [1.807, 2.05) is 61.1 Å². The lowest BCUT2D eigenvalue weighted by molar-refractivity contribution is -0.144. The third kappa shape index (κ3) is 7.94. The Morgan fingerprint density at radius 2 is 1.80 bits per heavy atom. The summed E-state index contributed by atoms with van der Waals surface area (Å²) in [5.41, 5.74) is 3.00. The lowest BCUT2D eigenvalue weighted by Gasteiger charge is -2.21. The van der Waals surface area contributed by atoms with Gasteiger partial charge < -0.3 is 19.4 Å². The first kappa shape index (κ1) is 29.8. The smallest absolute Gasteiger partial charge is 0.412 e. The van der Waals surface area contributed by atoms with Gasteiger partial charge in [0, 0.05) is 16.9 Å². The van der Waals surface area contributed by atoms with Crippen molar-refractivity contribution in [2.75, 3.05) is 17.2 Å². The van der Waals surface area contributed by atoms with E-state index in [1.165, 1.54) is 0 Å². The van der Waals surface area contributed by atoms with Crippen LogP contribution in [0.25, 0.3) is 21.5 Å². The monoisotopic (exact) mass is 576 g/mol. The molecule has 0 bridgehead atoms. The van der Waals surface area contributed by atoms with Crippen molar-refractivity contribution in [3.63, 3.8) is 0 Å². The predicted molar refractivity (Wildman–Crippen MR) is 162 cm³/mol. The fourth-order valence-electron chi connectivity index (χ4n) is 4.28. The fraction of sp³-hybridized carbons (Fsp3) is 0.355. The number of nitrogens with zero attached hydrogens (tertiary/aromatic N) is 2. The summed E-state index contributed by atoms with van der Waals surface area (Å²) in [5.74, 6) is 0.428. The number of carbonyl (C=O) groups is 3. The molecule has 2 amide bonds. The summed E-state index contributed by atoms with van der Waals surface area (Å²) in [6.07, 6.45) is -0.234. The van der Waals surface area contributed by atoms with Crippen molar-refractivity contribution in [1.29, 1.82) is 0 Å². The molecule has 2 N–H and O–H groups in total. The van der Waals surface area contributed by atoms with Crippen LogP contribution < -0.4 is 10.6 Å². The standard InChI is InChI=1S/C31H36N4O5S/c1-19(2)16-28(36)39-14-13-35-20(3)32-25-18-22(10-12-26(25)35)29(37)33-24-17-21(27-8-7-15-41-27)9-11-23(24)34-30(38)40-31(4,5)6/h7-12,15,17-19H,13-14,16H2,1-6H3,(H,33,37)(H,34,38). The number of rotatable bonds is 9. The molecule has 10 heteroatoms. The van der Waals surface area contributed by atoms with Crippen LogP contribution in [0.3, 0.4) is 0 Å². The maximum Gasteiger partial charge on any atom is 0.412 e. The molecule has 0 aliphatic carbocycles. The van der Waals surface area contributed by atoms with E-state index in [0.717, 1.165) is 21.8 Å². The first-order valence-electron chi connectivity index (χ1n) is 13.5. The SMILES string of the molecule is Cc1nc2cc(C(=O)Nc3cc(-c4cccs4)ccc3NC(=O)OC(C)(C)C)ccc2n1CCOC(=O)CC(C)C. The van der Waals surface area contributed by atoms with Gasteiger partial charge in [-0.2, -0.15) is 0 Å². The average Bonchev–Trinajstić information content (AvgIpc) is 3.51. The highest BCUT2D eigenvalue weighted by molar-refractivity contribution is 7.13. The Labute approximate surface area is 243 Å². The fourth-order valence-corrected chi connectivity index (χ4v) is 5.00. The zero-order chi connectivity index (χ0) is 29.7. The molecule has 0 saturated carbocycles. The summed E-state index contributed by atoms with van der Waals surface area (Å²) in [5, 5.41) is 7.68. The van der Waals surface area contributed by atoms with Gasteiger partial charge in [-0.25, -0.2) is 9.78 Å². The van der Waals surface area contributed by atoms with E-state index in [-0.39, 0.29) is 24.4 Å². The summed E-state index contributed by atoms with van der Waals surface area (Å²) >= 11 is 1.58. The van der Waals surface area contributed by atoms with E-state index < -0.39 is 11.7 Å². The number of ether oxygens (including phenoxy) is 2. The van der Waals surface area contributed by atoms with Crippen molar-refractivity contribution in [2.24, 2.45) is 5.92 Å². The van der Waals surface area contributed by atoms with Gasteiger partial charge in [-0.1, -0.05) is 26.0 Å². The molecule has 0 atom stereocenters. The Bertz CT molecular complexity index is 1550. The number of thiophene rings is 1. The van der Waals surface area contributed by atoms with Crippen LogP contribution in [0.2, 0.25) is 0 Å². The molecular formula is C31H36N4O5S. The summed E-state index contributed by atoms with van der Waals surface area (Å²) in [6, 6.07) is 14.7. The molecule has 4 rings (SSSR count). The quantitative estimate of drug-likeness (QED) is 0.203. The summed E-state index contributed by atoms with van der Waals surface area (Å²) in [6.45, 7) is 11.9. The number of hydrogen-bond donors (Lipinski definition) is 2. The molecule has 2 heterocycles. The number of benzene rings is 2. The number of anilines is 2. The number of esters is 1. The van der Waals surface area contributed by atoms with E-state index in [4.69, 9.17) is 9.47 Å². The molecule has 2 aromatic heterocycles. The minimum absolute atomic E-state index is 0.218. The van der Waals surface area contributed by atoms with Crippen molar-refractivity contribution >= 4 is 51.7 Å². The minimum atomic E-state index is -0.670. The molecule has 41 heavy (non-hydrogen) atoms. The molecule has 0 spiro atoms. The molecular weight excluding hydrogens is 540 g/mol. The second-order valence-electron chi connectivity index (χ2n) is 11.2. The Morgan fingerprint density at radius 1 is 1.02 bits per heavy atom. The third-order valence-electron chi connectivity index (χ3n) is 6.06. The number of aromatic nitrogens is 2. The summed E-state index contributed by atoms with van der Waals surface area (Å²) in [4.78, 5) is 43.5. The molecule has 0 radical (unpaired) electrons. The zero-order valence-electron chi connectivity index (χ0n) is 24.2. The number of amides is 2. The predicted octanol–water partition coefficient (Wildman–Crippen LogP) is 7.26. The Hall–Kier alpha value is -4.18. The van der Waals surface area contributed by atoms with E-state index in [0.29, 0.717) is 35.4 Å². The van der Waals surface area contributed by atoms with Gasteiger partial charge in [0.05, 0.1) is 29.0 Å². The highest BCUT2D eigenvalue weighted by Gasteiger charge is 2.19. The minimum Gasteiger partial charge on any atom is -0.464 e. The number of carbonyl (C=O) groups excluding carboxylic acids is 3. The van der Waals surface area contributed by atoms with Gasteiger partial charge in [-0.05, 0) is 81.0 Å². The van der Waals surface area contributed by atoms with Gasteiger partial charge in [-0.3, -0.25) is 14.9 Å². The molecule has 2 aromatic carbocycles. The van der Waals surface area contributed by atoms with E-state index in [1.54, 1.807) is 50.3 Å². The van der Waals surface area contributed by atoms with E-state index in [2.05, 4.69) is 15.6 Å². The third-order valence-corrected chi connectivity index (χ3v) is 6.98. The lowest BCUT2D eigenvalue weighted by Crippen LogP contribution is -2.27. The van der Waals surface area contributed by atoms with Crippen LogP contribution in [-0.2, 0) is 20.8 Å². The van der Waals surface area contributed by atoms with E-state index in [9.17, 15) is 14.4 Å². The number of fused-ring (bicyclic) bond motifs is 1. The van der Waals surface area contributed by atoms with Gasteiger partial charge in [-0.15, -0.1) is 11.3 Å². The van der Waals surface area contributed by atoms with Crippen LogP contribution in [0.1, 0.15) is 57.2 Å². The van der Waals surface area contributed by atoms with E-state index >= 15 is 0 Å². The van der Waals surface area contributed by atoms with Crippen LogP contribution in [-0.4, -0.2) is 39.7 Å². The van der Waals surface area contributed by atoms with Gasteiger partial charge in [0.25, 0.3) is 5.91 Å². The summed E-state index contributed by atoms with van der Waals surface area (Å²) < 4.78 is 12.7. The lowest BCUT2D eigenvalue weighted by atomic mass is 10.1. The normalized spacial score (nSPS) is 11.5. The average molecular weight is 577 g/mol. The molecule has 216 valence electrons. The zero-order valence-corrected chi connectivity index (χ0v) is 25.1. The van der Waals surface area contributed by atoms with Crippen molar-refractivity contribution in [1.82, 2.24) is 9.55 Å². The molecule has 4 aromatic rings. The molecule has 9 nitrogen and oxygen atoms in total. The van der Waals surface area contributed by atoms with Gasteiger partial charge >= 0.3 is 12.1 Å². The second kappa shape index (κ2) is 12.6. The van der Waals surface area contributed by atoms with Crippen LogP contribution in [0.4, 0.5) is 16.2 Å². The highest BCUT2D eigenvalue weighted by Crippen LogP contribution is 2.32. The van der Waals surface area contributed by atoms with Crippen LogP contribution in [0.5, 0.6) is 0 Å². The van der Waals surface area contributed by atoms with Crippen LogP contribution in [0, 0.1) is 12.8 Å². The summed E-state index contributed by atoms with van der Waals surface area (Å²) in [7, 11) is 0. The van der Waals surface area contributed by atoms with Gasteiger partial charge in [0.2, 0.25) is 0 Å². The van der Waals surface area contributed by atoms with Gasteiger partial charge in [0.15, 0.2) is 0 Å². The molecule has 0 fully saturated rings. The molecule has 0 aliphatic heterocycles. The highest BCUT2D eigenvalue weighted by atomic mass is 32.1. The number of aryl methyl sites for hydroxylation is 1. The Balaban J connectivity index is 1.54. The maximum atomic E-state index is 13.4. The van der Waals surface area contributed by atoms with Crippen LogP contribution >= 0.6 is 11.3 Å². The molecule has 0 aliphatic rings. The van der Waals surface area contributed by atoms with Crippen LogP contribution in [0.15, 0.2) is 53.9 Å². The maximum absolute atomic E-state index is 13.4. The number of nitrogens with one attached hydrogen (secondary N) is 2. The first-order valence-corrected chi connectivity index (χ1v) is 14.4. The van der Waals surface area contributed by atoms with Gasteiger partial charge in [0.1, 0.15) is 18.0 Å². The first-order chi connectivity index (χ1) is 19.4. The number of hydrogen-bond acceptors (Lipinski definition) is 7. The van der Waals surface area contributed by atoms with Crippen molar-refractivity contribution in [3.8, 4) is 10.4 Å². The largest absolute Gasteiger partial charge is 0.464 e. The molecule has 0 unspecified atom stereocenters. The Morgan fingerprint density at radius 3 is 2.49 bits per heavy atom. The van der Waals surface area contributed by atoms with Crippen molar-refractivity contribution in [2.45, 2.75) is 60.1 Å². The topological polar surface area (TPSA) is 112 Å². The second-order valence-corrected chi connectivity index (χ2v) is 12.1. The van der Waals surface area contributed by atoms with Crippen molar-refractivity contribution < 1.29 is 23.9 Å².